The number of hydrogen-bond donors (Lipinski definition) is 0. The van der Waals surface area contributed by atoms with Gasteiger partial charge in [0.25, 0.3) is 0 Å². The van der Waals surface area contributed by atoms with Crippen molar-refractivity contribution in [2.45, 2.75) is 19.9 Å². The van der Waals surface area contributed by atoms with Gasteiger partial charge in [0, 0.05) is 20.0 Å². The maximum Gasteiger partial charge on any atom is 0.222 e. The highest BCUT2D eigenvalue weighted by molar-refractivity contribution is 5.75. The number of hydrogen-bond acceptors (Lipinski definition) is 2. The van der Waals surface area contributed by atoms with Crippen LogP contribution in [0.15, 0.2) is 24.3 Å². The molecule has 0 aliphatic rings. The Labute approximate surface area is 89.9 Å². The molecule has 1 aromatic carbocycles. The second-order valence-electron chi connectivity index (χ2n) is 3.41. The average molecular weight is 202 g/mol. The average Bonchev–Trinajstić information content (AvgIpc) is 2.29. The molecule has 0 bridgehead atoms. The van der Waals surface area contributed by atoms with E-state index in [2.05, 4.69) is 6.07 Å². The Hall–Kier alpha value is -1.82. The molecule has 0 radical (unpaired) electrons. The van der Waals surface area contributed by atoms with Gasteiger partial charge < -0.3 is 4.90 Å². The summed E-state index contributed by atoms with van der Waals surface area (Å²) < 4.78 is 0. The number of nitriles is 1. The molecule has 1 aromatic rings. The molecule has 3 heteroatoms. The third-order valence-electron chi connectivity index (χ3n) is 2.23. The Morgan fingerprint density at radius 1 is 1.40 bits per heavy atom. The van der Waals surface area contributed by atoms with Crippen LogP contribution in [0, 0.1) is 11.3 Å². The van der Waals surface area contributed by atoms with Crippen molar-refractivity contribution >= 4 is 5.91 Å². The molecule has 1 rings (SSSR count). The van der Waals surface area contributed by atoms with Gasteiger partial charge in [0.15, 0.2) is 0 Å². The first kappa shape index (κ1) is 11.3. The van der Waals surface area contributed by atoms with E-state index >= 15 is 0 Å². The summed E-state index contributed by atoms with van der Waals surface area (Å²) in [5, 5.41) is 8.62. The van der Waals surface area contributed by atoms with Crippen molar-refractivity contribution in [2.24, 2.45) is 0 Å². The molecule has 0 saturated carbocycles. The largest absolute Gasteiger partial charge is 0.341 e. The zero-order chi connectivity index (χ0) is 11.3. The van der Waals surface area contributed by atoms with Gasteiger partial charge in [-0.1, -0.05) is 19.1 Å². The SMILES string of the molecule is CCC(=O)N(C)Cc1ccc(C#N)cc1. The monoisotopic (exact) mass is 202 g/mol. The van der Waals surface area contributed by atoms with Gasteiger partial charge in [0.2, 0.25) is 5.91 Å². The van der Waals surface area contributed by atoms with Gasteiger partial charge in [-0.3, -0.25) is 4.79 Å². The van der Waals surface area contributed by atoms with Crippen molar-refractivity contribution in [3.05, 3.63) is 35.4 Å². The van der Waals surface area contributed by atoms with Gasteiger partial charge in [0.1, 0.15) is 0 Å². The quantitative estimate of drug-likeness (QED) is 0.751. The summed E-state index contributed by atoms with van der Waals surface area (Å²) >= 11 is 0. The van der Waals surface area contributed by atoms with Crippen molar-refractivity contribution < 1.29 is 4.79 Å². The third-order valence-corrected chi connectivity index (χ3v) is 2.23. The summed E-state index contributed by atoms with van der Waals surface area (Å²) in [6.07, 6.45) is 0.521. The molecule has 0 unspecified atom stereocenters. The molecular weight excluding hydrogens is 188 g/mol. The molecule has 0 heterocycles. The molecule has 15 heavy (non-hydrogen) atoms. The Balaban J connectivity index is 2.66. The molecule has 0 fully saturated rings. The van der Waals surface area contributed by atoms with Gasteiger partial charge in [-0.25, -0.2) is 0 Å². The van der Waals surface area contributed by atoms with Gasteiger partial charge in [0.05, 0.1) is 11.6 Å². The Bertz CT molecular complexity index is 376. The minimum absolute atomic E-state index is 0.124. The summed E-state index contributed by atoms with van der Waals surface area (Å²) in [5.41, 5.74) is 1.68. The van der Waals surface area contributed by atoms with E-state index in [-0.39, 0.29) is 5.91 Å². The lowest BCUT2D eigenvalue weighted by molar-refractivity contribution is -0.130. The Morgan fingerprint density at radius 2 is 2.00 bits per heavy atom. The normalized spacial score (nSPS) is 9.40. The minimum Gasteiger partial charge on any atom is -0.341 e. The maximum absolute atomic E-state index is 11.3. The number of nitrogens with zero attached hydrogens (tertiary/aromatic N) is 2. The molecule has 3 nitrogen and oxygen atoms in total. The smallest absolute Gasteiger partial charge is 0.222 e. The van der Waals surface area contributed by atoms with E-state index < -0.39 is 0 Å². The first-order chi connectivity index (χ1) is 7.17. The summed E-state index contributed by atoms with van der Waals surface area (Å²) in [6, 6.07) is 9.33. The highest BCUT2D eigenvalue weighted by atomic mass is 16.2. The van der Waals surface area contributed by atoms with Crippen LogP contribution in [-0.4, -0.2) is 17.9 Å². The number of benzene rings is 1. The lowest BCUT2D eigenvalue weighted by Crippen LogP contribution is -2.25. The van der Waals surface area contributed by atoms with Crippen LogP contribution in [0.4, 0.5) is 0 Å². The first-order valence-electron chi connectivity index (χ1n) is 4.90. The van der Waals surface area contributed by atoms with Crippen LogP contribution in [0.1, 0.15) is 24.5 Å². The van der Waals surface area contributed by atoms with Crippen LogP contribution < -0.4 is 0 Å². The number of rotatable bonds is 3. The van der Waals surface area contributed by atoms with Crippen LogP contribution in [0.2, 0.25) is 0 Å². The number of amides is 1. The van der Waals surface area contributed by atoms with E-state index in [4.69, 9.17) is 5.26 Å². The fourth-order valence-corrected chi connectivity index (χ4v) is 1.32. The summed E-state index contributed by atoms with van der Waals surface area (Å²) in [6.45, 7) is 2.44. The predicted octanol–water partition coefficient (Wildman–Crippen LogP) is 1.93. The highest BCUT2D eigenvalue weighted by Gasteiger charge is 2.05. The minimum atomic E-state index is 0.124. The standard InChI is InChI=1S/C12H14N2O/c1-3-12(15)14(2)9-11-6-4-10(8-13)5-7-11/h4-7H,3,9H2,1-2H3. The van der Waals surface area contributed by atoms with E-state index in [0.29, 0.717) is 18.5 Å². The zero-order valence-corrected chi connectivity index (χ0v) is 9.03. The van der Waals surface area contributed by atoms with E-state index in [1.807, 2.05) is 19.1 Å². The van der Waals surface area contributed by atoms with Crippen molar-refractivity contribution in [2.75, 3.05) is 7.05 Å². The van der Waals surface area contributed by atoms with Gasteiger partial charge in [-0.15, -0.1) is 0 Å². The van der Waals surface area contributed by atoms with Crippen LogP contribution >= 0.6 is 0 Å². The molecule has 0 spiro atoms. The topological polar surface area (TPSA) is 44.1 Å². The number of carbonyl (C=O) groups excluding carboxylic acids is 1. The van der Waals surface area contributed by atoms with Crippen molar-refractivity contribution in [3.63, 3.8) is 0 Å². The molecule has 1 amide bonds. The molecule has 0 saturated heterocycles. The second-order valence-corrected chi connectivity index (χ2v) is 3.41. The summed E-state index contributed by atoms with van der Waals surface area (Å²) in [7, 11) is 1.78. The highest BCUT2D eigenvalue weighted by Crippen LogP contribution is 2.06. The molecular formula is C12H14N2O. The molecule has 0 aliphatic heterocycles. The summed E-state index contributed by atoms with van der Waals surface area (Å²) in [4.78, 5) is 13.0. The lowest BCUT2D eigenvalue weighted by Gasteiger charge is -2.16. The first-order valence-corrected chi connectivity index (χ1v) is 4.90. The van der Waals surface area contributed by atoms with Crippen molar-refractivity contribution in [1.82, 2.24) is 4.90 Å². The second kappa shape index (κ2) is 5.16. The van der Waals surface area contributed by atoms with E-state index in [1.165, 1.54) is 0 Å². The number of carbonyl (C=O) groups is 1. The fourth-order valence-electron chi connectivity index (χ4n) is 1.32. The van der Waals surface area contributed by atoms with E-state index in [9.17, 15) is 4.79 Å². The molecule has 0 aliphatic carbocycles. The zero-order valence-electron chi connectivity index (χ0n) is 9.03. The third kappa shape index (κ3) is 3.10. The van der Waals surface area contributed by atoms with Crippen LogP contribution in [0.3, 0.4) is 0 Å². The molecule has 0 N–H and O–H groups in total. The molecule has 0 atom stereocenters. The van der Waals surface area contributed by atoms with Gasteiger partial charge in [-0.2, -0.15) is 5.26 Å². The van der Waals surface area contributed by atoms with Crippen LogP contribution in [0.5, 0.6) is 0 Å². The molecule has 0 aromatic heterocycles. The Morgan fingerprint density at radius 3 is 2.47 bits per heavy atom. The van der Waals surface area contributed by atoms with Crippen LogP contribution in [-0.2, 0) is 11.3 Å². The van der Waals surface area contributed by atoms with Crippen molar-refractivity contribution in [3.8, 4) is 6.07 Å². The lowest BCUT2D eigenvalue weighted by atomic mass is 10.1. The van der Waals surface area contributed by atoms with Gasteiger partial charge in [-0.05, 0) is 17.7 Å². The Kier molecular flexibility index (Phi) is 3.87. The van der Waals surface area contributed by atoms with Crippen molar-refractivity contribution in [1.29, 1.82) is 5.26 Å². The maximum atomic E-state index is 11.3. The molecule has 78 valence electrons. The van der Waals surface area contributed by atoms with E-state index in [1.54, 1.807) is 24.1 Å². The van der Waals surface area contributed by atoms with Gasteiger partial charge >= 0.3 is 0 Å². The summed E-state index contributed by atoms with van der Waals surface area (Å²) in [5.74, 6) is 0.124. The predicted molar refractivity (Wildman–Crippen MR) is 57.9 cm³/mol. The van der Waals surface area contributed by atoms with E-state index in [0.717, 1.165) is 5.56 Å². The van der Waals surface area contributed by atoms with Crippen LogP contribution in [0.25, 0.3) is 0 Å². The fraction of sp³-hybridized carbons (Fsp3) is 0.333.